The lowest BCUT2D eigenvalue weighted by Crippen LogP contribution is -2.30. The molecular weight excluding hydrogens is 1350 g/mol. The van der Waals surface area contributed by atoms with Gasteiger partial charge in [0.15, 0.2) is 12.2 Å². The van der Waals surface area contributed by atoms with Crippen molar-refractivity contribution in [3.05, 3.63) is 0 Å². The highest BCUT2D eigenvalue weighted by molar-refractivity contribution is 7.47. The van der Waals surface area contributed by atoms with Crippen molar-refractivity contribution >= 4 is 39.5 Å². The van der Waals surface area contributed by atoms with E-state index in [1.165, 1.54) is 270 Å². The molecule has 0 spiro atoms. The Balaban J connectivity index is 5.16. The lowest BCUT2D eigenvalue weighted by atomic mass is 9.99. The van der Waals surface area contributed by atoms with Gasteiger partial charge in [-0.05, 0) is 31.6 Å². The van der Waals surface area contributed by atoms with Crippen LogP contribution >= 0.6 is 15.6 Å². The van der Waals surface area contributed by atoms with Crippen molar-refractivity contribution in [1.29, 1.82) is 0 Å². The van der Waals surface area contributed by atoms with Crippen LogP contribution in [0.15, 0.2) is 0 Å². The minimum Gasteiger partial charge on any atom is -0.462 e. The summed E-state index contributed by atoms with van der Waals surface area (Å²) in [6.45, 7) is 7.37. The Morgan fingerprint density at radius 1 is 0.269 bits per heavy atom. The first-order valence-corrected chi connectivity index (χ1v) is 47.2. The number of unbranched alkanes of at least 4 members (excludes halogenated alkanes) is 56. The molecule has 0 aliphatic carbocycles. The molecule has 0 saturated heterocycles. The van der Waals surface area contributed by atoms with E-state index in [-0.39, 0.29) is 25.7 Å². The average molecular weight is 1520 g/mol. The molecule has 104 heavy (non-hydrogen) atoms. The number of carbonyl (C=O) groups is 4. The molecule has 0 aliphatic heterocycles. The van der Waals surface area contributed by atoms with E-state index >= 15 is 0 Å². The van der Waals surface area contributed by atoms with Crippen LogP contribution in [-0.4, -0.2) is 96.7 Å². The molecular formula is C85H166O17P2. The number of aliphatic hydroxyl groups excluding tert-OH is 1. The fourth-order valence-corrected chi connectivity index (χ4v) is 14.8. The normalized spacial score (nSPS) is 14.0. The van der Waals surface area contributed by atoms with E-state index < -0.39 is 97.5 Å². The van der Waals surface area contributed by atoms with E-state index in [2.05, 4.69) is 34.6 Å². The van der Waals surface area contributed by atoms with Crippen LogP contribution < -0.4 is 0 Å². The van der Waals surface area contributed by atoms with Gasteiger partial charge in [0.1, 0.15) is 19.3 Å². The van der Waals surface area contributed by atoms with E-state index in [1.807, 2.05) is 0 Å². The fourth-order valence-electron chi connectivity index (χ4n) is 13.3. The van der Waals surface area contributed by atoms with Crippen molar-refractivity contribution in [3.63, 3.8) is 0 Å². The summed E-state index contributed by atoms with van der Waals surface area (Å²) in [4.78, 5) is 73.0. The van der Waals surface area contributed by atoms with Crippen LogP contribution in [0, 0.1) is 5.92 Å². The lowest BCUT2D eigenvalue weighted by Gasteiger charge is -2.21. The van der Waals surface area contributed by atoms with Crippen molar-refractivity contribution < 1.29 is 80.2 Å². The van der Waals surface area contributed by atoms with Crippen LogP contribution in [0.3, 0.4) is 0 Å². The van der Waals surface area contributed by atoms with Crippen LogP contribution in [-0.2, 0) is 65.4 Å². The molecule has 0 saturated carbocycles. The van der Waals surface area contributed by atoms with Crippen molar-refractivity contribution in [3.8, 4) is 0 Å². The first-order valence-electron chi connectivity index (χ1n) is 44.2. The predicted molar refractivity (Wildman–Crippen MR) is 428 cm³/mol. The Morgan fingerprint density at radius 2 is 0.462 bits per heavy atom. The van der Waals surface area contributed by atoms with E-state index in [9.17, 15) is 43.2 Å². The quantitative estimate of drug-likeness (QED) is 0.0222. The molecule has 0 aromatic carbocycles. The molecule has 6 atom stereocenters. The highest BCUT2D eigenvalue weighted by Gasteiger charge is 2.30. The second-order valence-corrected chi connectivity index (χ2v) is 33.7. The first kappa shape index (κ1) is 102. The highest BCUT2D eigenvalue weighted by Crippen LogP contribution is 2.45. The molecule has 3 N–H and O–H groups in total. The SMILES string of the molecule is CCCCCCCCCCCCCCCCCCCCCCCC(=O)O[C@H](COC(=O)CCCCCCCCCCCCCCCCC(C)CC)COP(=O)(O)OC[C@@H](O)COP(=O)(O)OC[C@@H](COC(=O)CCCCCCCCC)OC(=O)CCCCCCCCCCCCCCCCCCCC. The third-order valence-electron chi connectivity index (χ3n) is 20.4. The van der Waals surface area contributed by atoms with Gasteiger partial charge in [-0.15, -0.1) is 0 Å². The second-order valence-electron chi connectivity index (χ2n) is 30.8. The maximum Gasteiger partial charge on any atom is 0.472 e. The number of hydrogen-bond donors (Lipinski definition) is 3. The number of phosphoric ester groups is 2. The topological polar surface area (TPSA) is 237 Å². The minimum absolute atomic E-state index is 0.109. The van der Waals surface area contributed by atoms with Crippen molar-refractivity contribution in [2.45, 2.75) is 477 Å². The molecule has 618 valence electrons. The zero-order valence-corrected chi connectivity index (χ0v) is 70.0. The summed E-state index contributed by atoms with van der Waals surface area (Å²) in [7, 11) is -9.92. The zero-order valence-electron chi connectivity index (χ0n) is 68.2. The Labute approximate surface area is 638 Å². The standard InChI is InChI=1S/C85H166O17P2/c1-6-10-13-16-19-21-23-25-27-29-31-32-33-35-37-43-47-51-56-61-66-71-85(90)102-81(75-96-83(88)69-64-59-54-49-45-41-39-38-40-44-48-53-57-62-67-78(5)9-4)77-100-104(93,94)98-73-79(86)72-97-103(91,92)99-76-80(74-95-82(87)68-63-58-52-18-15-12-8-3)101-84(89)70-65-60-55-50-46-42-36-34-30-28-26-24-22-20-17-14-11-7-2/h78-81,86H,6-77H2,1-5H3,(H,91,92)(H,93,94)/t78?,79-,80+,81+/m0/s1. The van der Waals surface area contributed by atoms with Crippen molar-refractivity contribution in [2.75, 3.05) is 39.6 Å². The maximum atomic E-state index is 13.1. The summed E-state index contributed by atoms with van der Waals surface area (Å²) < 4.78 is 68.7. The number of rotatable bonds is 85. The third kappa shape index (κ3) is 76.8. The largest absolute Gasteiger partial charge is 0.472 e. The Bertz CT molecular complexity index is 1980. The summed E-state index contributed by atoms with van der Waals surface area (Å²) in [5, 5.41) is 10.7. The molecule has 0 fully saturated rings. The maximum absolute atomic E-state index is 13.1. The molecule has 17 nitrogen and oxygen atoms in total. The van der Waals surface area contributed by atoms with Gasteiger partial charge < -0.3 is 33.8 Å². The Kier molecular flexibility index (Phi) is 76.3. The third-order valence-corrected chi connectivity index (χ3v) is 22.3. The number of esters is 4. The van der Waals surface area contributed by atoms with Crippen LogP contribution in [0.1, 0.15) is 458 Å². The van der Waals surface area contributed by atoms with E-state index in [4.69, 9.17) is 37.0 Å². The van der Waals surface area contributed by atoms with Gasteiger partial charge in [-0.2, -0.15) is 0 Å². The smallest absolute Gasteiger partial charge is 0.462 e. The number of hydrogen-bond acceptors (Lipinski definition) is 15. The molecule has 3 unspecified atom stereocenters. The van der Waals surface area contributed by atoms with Gasteiger partial charge >= 0.3 is 39.5 Å². The molecule has 0 aromatic rings. The van der Waals surface area contributed by atoms with E-state index in [1.54, 1.807) is 0 Å². The molecule has 0 heterocycles. The fraction of sp³-hybridized carbons (Fsp3) is 0.953. The Morgan fingerprint density at radius 3 is 0.683 bits per heavy atom. The van der Waals surface area contributed by atoms with Gasteiger partial charge in [0.05, 0.1) is 26.4 Å². The molecule has 0 radical (unpaired) electrons. The second kappa shape index (κ2) is 77.8. The van der Waals surface area contributed by atoms with Crippen LogP contribution in [0.2, 0.25) is 0 Å². The van der Waals surface area contributed by atoms with Crippen molar-refractivity contribution in [1.82, 2.24) is 0 Å². The predicted octanol–water partition coefficient (Wildman–Crippen LogP) is 26.0. The van der Waals surface area contributed by atoms with E-state index in [0.717, 1.165) is 109 Å². The summed E-state index contributed by atoms with van der Waals surface area (Å²) in [6.07, 6.45) is 71.0. The summed E-state index contributed by atoms with van der Waals surface area (Å²) in [6, 6.07) is 0. The minimum atomic E-state index is -4.96. The molecule has 0 aromatic heterocycles. The van der Waals surface area contributed by atoms with Crippen molar-refractivity contribution in [2.24, 2.45) is 5.92 Å². The van der Waals surface area contributed by atoms with Gasteiger partial charge in [0.2, 0.25) is 0 Å². The monoisotopic (exact) mass is 1520 g/mol. The van der Waals surface area contributed by atoms with Gasteiger partial charge in [-0.25, -0.2) is 9.13 Å². The van der Waals surface area contributed by atoms with Crippen LogP contribution in [0.5, 0.6) is 0 Å². The average Bonchev–Trinajstić information content (AvgIpc) is 0.907. The molecule has 0 aliphatic rings. The first-order chi connectivity index (χ1) is 50.6. The molecule has 0 rings (SSSR count). The number of phosphoric acid groups is 2. The van der Waals surface area contributed by atoms with Gasteiger partial charge in [-0.1, -0.05) is 407 Å². The summed E-state index contributed by atoms with van der Waals surface area (Å²) in [5.41, 5.74) is 0. The highest BCUT2D eigenvalue weighted by atomic mass is 31.2. The van der Waals surface area contributed by atoms with Crippen LogP contribution in [0.4, 0.5) is 0 Å². The number of ether oxygens (including phenoxy) is 4. The zero-order chi connectivity index (χ0) is 76.2. The number of carbonyl (C=O) groups excluding carboxylic acids is 4. The summed E-state index contributed by atoms with van der Waals surface area (Å²) in [5.74, 6) is -1.26. The Hall–Kier alpha value is -1.94. The molecule has 0 bridgehead atoms. The van der Waals surface area contributed by atoms with Gasteiger partial charge in [-0.3, -0.25) is 37.3 Å². The summed E-state index contributed by atoms with van der Waals surface area (Å²) >= 11 is 0. The lowest BCUT2D eigenvalue weighted by molar-refractivity contribution is -0.161. The van der Waals surface area contributed by atoms with Crippen LogP contribution in [0.25, 0.3) is 0 Å². The molecule has 19 heteroatoms. The van der Waals surface area contributed by atoms with Gasteiger partial charge in [0.25, 0.3) is 0 Å². The molecule has 0 amide bonds. The van der Waals surface area contributed by atoms with E-state index in [0.29, 0.717) is 25.7 Å². The van der Waals surface area contributed by atoms with Gasteiger partial charge in [0, 0.05) is 25.7 Å². The number of aliphatic hydroxyl groups is 1.